The molecular formula is C14H24O4. The molecule has 4 nitrogen and oxygen atoms in total. The Bertz CT molecular complexity index is 314. The number of hydrogen-bond acceptors (Lipinski definition) is 4. The molecule has 0 aromatic carbocycles. The van der Waals surface area contributed by atoms with E-state index in [1.807, 2.05) is 13.8 Å². The fourth-order valence-electron chi connectivity index (χ4n) is 1.99. The second-order valence-corrected chi connectivity index (χ2v) is 5.94. The lowest BCUT2D eigenvalue weighted by Crippen LogP contribution is -2.33. The molecule has 1 saturated carbocycles. The molecule has 0 amide bonds. The first-order chi connectivity index (χ1) is 8.29. The van der Waals surface area contributed by atoms with E-state index in [2.05, 4.69) is 0 Å². The van der Waals surface area contributed by atoms with Crippen molar-refractivity contribution >= 4 is 11.9 Å². The van der Waals surface area contributed by atoms with Gasteiger partial charge in [0.1, 0.15) is 5.60 Å². The van der Waals surface area contributed by atoms with Crippen molar-refractivity contribution in [3.63, 3.8) is 0 Å². The van der Waals surface area contributed by atoms with E-state index in [-0.39, 0.29) is 18.2 Å². The summed E-state index contributed by atoms with van der Waals surface area (Å²) in [5, 5.41) is 0. The van der Waals surface area contributed by atoms with Crippen LogP contribution in [0.5, 0.6) is 0 Å². The molecule has 104 valence electrons. The summed E-state index contributed by atoms with van der Waals surface area (Å²) < 4.78 is 10.4. The smallest absolute Gasteiger partial charge is 0.344 e. The Hall–Kier alpha value is -1.06. The second kappa shape index (κ2) is 5.72. The van der Waals surface area contributed by atoms with Crippen LogP contribution in [0.3, 0.4) is 0 Å². The van der Waals surface area contributed by atoms with Gasteiger partial charge in [-0.2, -0.15) is 0 Å². The van der Waals surface area contributed by atoms with E-state index in [0.29, 0.717) is 6.42 Å². The molecule has 0 spiro atoms. The third-order valence-electron chi connectivity index (χ3n) is 3.78. The molecule has 0 aliphatic heterocycles. The average Bonchev–Trinajstić information content (AvgIpc) is 2.72. The van der Waals surface area contributed by atoms with Gasteiger partial charge < -0.3 is 9.47 Å². The largest absolute Gasteiger partial charge is 0.457 e. The molecule has 18 heavy (non-hydrogen) atoms. The quantitative estimate of drug-likeness (QED) is 0.710. The van der Waals surface area contributed by atoms with Gasteiger partial charge in [0.2, 0.25) is 0 Å². The van der Waals surface area contributed by atoms with Crippen molar-refractivity contribution in [3.8, 4) is 0 Å². The van der Waals surface area contributed by atoms with Crippen LogP contribution >= 0.6 is 0 Å². The molecule has 0 bridgehead atoms. The van der Waals surface area contributed by atoms with Crippen LogP contribution in [0.4, 0.5) is 0 Å². The highest BCUT2D eigenvalue weighted by Crippen LogP contribution is 2.32. The Morgan fingerprint density at radius 3 is 2.28 bits per heavy atom. The van der Waals surface area contributed by atoms with Crippen molar-refractivity contribution in [2.24, 2.45) is 5.41 Å². The number of ether oxygens (including phenoxy) is 2. The first-order valence-corrected chi connectivity index (χ1v) is 6.68. The number of carbonyl (C=O) groups excluding carboxylic acids is 2. The fraction of sp³-hybridized carbons (Fsp3) is 0.857. The molecule has 4 heteroatoms. The van der Waals surface area contributed by atoms with Crippen molar-refractivity contribution in [2.45, 2.75) is 65.4 Å². The monoisotopic (exact) mass is 256 g/mol. The van der Waals surface area contributed by atoms with Crippen LogP contribution in [0.1, 0.15) is 59.8 Å². The molecule has 0 aromatic rings. The summed E-state index contributed by atoms with van der Waals surface area (Å²) in [5.74, 6) is -0.793. The van der Waals surface area contributed by atoms with E-state index >= 15 is 0 Å². The second-order valence-electron chi connectivity index (χ2n) is 5.94. The predicted octanol–water partition coefficient (Wildman–Crippen LogP) is 2.84. The van der Waals surface area contributed by atoms with Crippen molar-refractivity contribution in [2.75, 3.05) is 6.61 Å². The van der Waals surface area contributed by atoms with Crippen LogP contribution in [0.2, 0.25) is 0 Å². The molecule has 1 aliphatic carbocycles. The SMILES string of the molecule is CCC(C)(C)C(=O)OCC(=O)OC1(C)CCCC1. The predicted molar refractivity (Wildman–Crippen MR) is 68.0 cm³/mol. The van der Waals surface area contributed by atoms with Gasteiger partial charge >= 0.3 is 11.9 Å². The van der Waals surface area contributed by atoms with E-state index in [1.54, 1.807) is 13.8 Å². The zero-order valence-corrected chi connectivity index (χ0v) is 11.9. The van der Waals surface area contributed by atoms with E-state index in [0.717, 1.165) is 25.7 Å². The topological polar surface area (TPSA) is 52.6 Å². The standard InChI is InChI=1S/C14H24O4/c1-5-13(2,3)12(16)17-10-11(15)18-14(4)8-6-7-9-14/h5-10H2,1-4H3. The van der Waals surface area contributed by atoms with Gasteiger partial charge in [0.25, 0.3) is 0 Å². The van der Waals surface area contributed by atoms with Crippen LogP contribution in [0.25, 0.3) is 0 Å². The van der Waals surface area contributed by atoms with Crippen LogP contribution in [-0.2, 0) is 19.1 Å². The highest BCUT2D eigenvalue weighted by atomic mass is 16.6. The molecule has 0 aromatic heterocycles. The van der Waals surface area contributed by atoms with Gasteiger partial charge in [-0.15, -0.1) is 0 Å². The zero-order valence-electron chi connectivity index (χ0n) is 11.9. The summed E-state index contributed by atoms with van der Waals surface area (Å²) in [6.45, 7) is 7.19. The molecule has 0 atom stereocenters. The number of rotatable bonds is 5. The van der Waals surface area contributed by atoms with E-state index < -0.39 is 11.4 Å². The molecule has 0 unspecified atom stereocenters. The number of carbonyl (C=O) groups is 2. The van der Waals surface area contributed by atoms with Gasteiger partial charge in [-0.25, -0.2) is 4.79 Å². The van der Waals surface area contributed by atoms with E-state index in [4.69, 9.17) is 9.47 Å². The van der Waals surface area contributed by atoms with Crippen LogP contribution < -0.4 is 0 Å². The first-order valence-electron chi connectivity index (χ1n) is 6.68. The molecule has 1 fully saturated rings. The summed E-state index contributed by atoms with van der Waals surface area (Å²) in [4.78, 5) is 23.3. The third kappa shape index (κ3) is 4.00. The third-order valence-corrected chi connectivity index (χ3v) is 3.78. The van der Waals surface area contributed by atoms with Crippen molar-refractivity contribution in [1.82, 2.24) is 0 Å². The maximum atomic E-state index is 11.7. The molecule has 0 N–H and O–H groups in total. The summed E-state index contributed by atoms with van der Waals surface area (Å²) in [6, 6.07) is 0. The lowest BCUT2D eigenvalue weighted by Gasteiger charge is -2.25. The molecule has 0 radical (unpaired) electrons. The maximum Gasteiger partial charge on any atom is 0.344 e. The number of hydrogen-bond donors (Lipinski definition) is 0. The Balaban J connectivity index is 2.35. The fourth-order valence-corrected chi connectivity index (χ4v) is 1.99. The Morgan fingerprint density at radius 1 is 1.22 bits per heavy atom. The Labute approximate surface area is 109 Å². The highest BCUT2D eigenvalue weighted by molar-refractivity contribution is 5.79. The van der Waals surface area contributed by atoms with Gasteiger partial charge in [0.15, 0.2) is 6.61 Å². The summed E-state index contributed by atoms with van der Waals surface area (Å²) in [6.07, 6.45) is 4.65. The summed E-state index contributed by atoms with van der Waals surface area (Å²) in [5.41, 5.74) is -0.901. The van der Waals surface area contributed by atoms with Crippen molar-refractivity contribution in [1.29, 1.82) is 0 Å². The normalized spacial score (nSPS) is 18.4. The number of esters is 2. The Kier molecular flexibility index (Phi) is 4.77. The van der Waals surface area contributed by atoms with Gasteiger partial charge in [-0.3, -0.25) is 4.79 Å². The molecule has 1 aliphatic rings. The van der Waals surface area contributed by atoms with Crippen molar-refractivity contribution < 1.29 is 19.1 Å². The molecule has 1 rings (SSSR count). The minimum absolute atomic E-state index is 0.280. The zero-order chi connectivity index (χ0) is 13.8. The lowest BCUT2D eigenvalue weighted by molar-refractivity contribution is -0.172. The van der Waals surface area contributed by atoms with Crippen molar-refractivity contribution in [3.05, 3.63) is 0 Å². The summed E-state index contributed by atoms with van der Waals surface area (Å²) in [7, 11) is 0. The van der Waals surface area contributed by atoms with Gasteiger partial charge in [-0.1, -0.05) is 6.92 Å². The average molecular weight is 256 g/mol. The van der Waals surface area contributed by atoms with Gasteiger partial charge in [0, 0.05) is 0 Å². The minimum Gasteiger partial charge on any atom is -0.457 e. The molecular weight excluding hydrogens is 232 g/mol. The molecule has 0 saturated heterocycles. The van der Waals surface area contributed by atoms with E-state index in [9.17, 15) is 9.59 Å². The highest BCUT2D eigenvalue weighted by Gasteiger charge is 2.33. The van der Waals surface area contributed by atoms with Crippen LogP contribution in [-0.4, -0.2) is 24.1 Å². The van der Waals surface area contributed by atoms with Crippen LogP contribution in [0, 0.1) is 5.41 Å². The first kappa shape index (κ1) is 15.0. The minimum atomic E-state index is -0.544. The Morgan fingerprint density at radius 2 is 1.78 bits per heavy atom. The molecule has 0 heterocycles. The lowest BCUT2D eigenvalue weighted by atomic mass is 9.91. The van der Waals surface area contributed by atoms with Gasteiger partial charge in [-0.05, 0) is 52.9 Å². The van der Waals surface area contributed by atoms with Crippen LogP contribution in [0.15, 0.2) is 0 Å². The maximum absolute atomic E-state index is 11.7. The summed E-state index contributed by atoms with van der Waals surface area (Å²) >= 11 is 0. The van der Waals surface area contributed by atoms with Gasteiger partial charge in [0.05, 0.1) is 5.41 Å². The van der Waals surface area contributed by atoms with E-state index in [1.165, 1.54) is 0 Å².